The Morgan fingerprint density at radius 3 is 1.47 bits per heavy atom. The van der Waals surface area contributed by atoms with Gasteiger partial charge in [-0.3, -0.25) is 4.57 Å². The first kappa shape index (κ1) is 26.0. The lowest BCUT2D eigenvalue weighted by atomic mass is 9.93. The fourth-order valence-corrected chi connectivity index (χ4v) is 6.13. The summed E-state index contributed by atoms with van der Waals surface area (Å²) in [5.74, 6) is 0. The number of hydrogen-bond acceptors (Lipinski definition) is 1. The van der Waals surface area contributed by atoms with Crippen molar-refractivity contribution in [3.05, 3.63) is 102 Å². The van der Waals surface area contributed by atoms with Crippen LogP contribution in [0.4, 0.5) is 26.3 Å². The molecular formula is C27H23F6N2P. The number of halogens is 6. The summed E-state index contributed by atoms with van der Waals surface area (Å²) in [6.45, 7) is 5.45. The van der Waals surface area contributed by atoms with E-state index < -0.39 is 42.5 Å². The molecule has 0 aliphatic carbocycles. The highest BCUT2D eigenvalue weighted by molar-refractivity contribution is 7.79. The van der Waals surface area contributed by atoms with Crippen LogP contribution in [0, 0.1) is 0 Å². The molecule has 1 heterocycles. The molecule has 0 unspecified atom stereocenters. The Labute approximate surface area is 206 Å². The highest BCUT2D eigenvalue weighted by Gasteiger charge is 2.43. The Balaban J connectivity index is 2.14. The quantitative estimate of drug-likeness (QED) is 0.210. The molecule has 0 N–H and O–H groups in total. The van der Waals surface area contributed by atoms with Gasteiger partial charge in [0, 0.05) is 19.5 Å². The molecule has 0 radical (unpaired) electrons. The molecule has 1 aromatic heterocycles. The van der Waals surface area contributed by atoms with Crippen LogP contribution in [0.3, 0.4) is 0 Å². The number of imidazole rings is 1. The van der Waals surface area contributed by atoms with E-state index >= 15 is 0 Å². The maximum Gasteiger partial charge on any atom is 0.418 e. The number of benzene rings is 3. The van der Waals surface area contributed by atoms with Crippen LogP contribution in [0.25, 0.3) is 5.69 Å². The molecule has 9 heteroatoms. The maximum absolute atomic E-state index is 14.1. The lowest BCUT2D eigenvalue weighted by Gasteiger charge is -2.24. The van der Waals surface area contributed by atoms with Crippen molar-refractivity contribution in [3.63, 3.8) is 0 Å². The van der Waals surface area contributed by atoms with E-state index in [9.17, 15) is 26.3 Å². The molecule has 36 heavy (non-hydrogen) atoms. The third-order valence-electron chi connectivity index (χ3n) is 5.57. The Kier molecular flexibility index (Phi) is 6.78. The Hall–Kier alpha value is -3.12. The van der Waals surface area contributed by atoms with Crippen molar-refractivity contribution in [3.8, 4) is 5.69 Å². The molecule has 0 spiro atoms. The number of nitrogens with zero attached hydrogens (tertiary/aromatic N) is 2. The number of para-hydroxylation sites is 1. The summed E-state index contributed by atoms with van der Waals surface area (Å²) < 4.78 is 85.8. The molecule has 0 amide bonds. The lowest BCUT2D eigenvalue weighted by molar-refractivity contribution is -0.142. The number of rotatable bonds is 4. The van der Waals surface area contributed by atoms with Crippen molar-refractivity contribution < 1.29 is 26.3 Å². The van der Waals surface area contributed by atoms with E-state index in [1.165, 1.54) is 6.20 Å². The zero-order chi connectivity index (χ0) is 26.3. The van der Waals surface area contributed by atoms with Crippen molar-refractivity contribution >= 4 is 24.1 Å². The second kappa shape index (κ2) is 9.40. The first-order chi connectivity index (χ1) is 16.8. The molecule has 2 nitrogen and oxygen atoms in total. The van der Waals surface area contributed by atoms with Gasteiger partial charge in [-0.15, -0.1) is 0 Å². The average Bonchev–Trinajstić information content (AvgIpc) is 3.24. The van der Waals surface area contributed by atoms with Gasteiger partial charge in [0.1, 0.15) is 5.57 Å². The van der Waals surface area contributed by atoms with Crippen molar-refractivity contribution in [2.75, 3.05) is 0 Å². The largest absolute Gasteiger partial charge is 0.418 e. The average molecular weight is 520 g/mol. The van der Waals surface area contributed by atoms with E-state index in [-0.39, 0.29) is 5.57 Å². The van der Waals surface area contributed by atoms with Gasteiger partial charge < -0.3 is 0 Å². The van der Waals surface area contributed by atoms with E-state index in [0.29, 0.717) is 17.8 Å². The summed E-state index contributed by atoms with van der Waals surface area (Å²) in [6, 6.07) is 20.2. The third kappa shape index (κ3) is 5.19. The molecule has 0 aliphatic heterocycles. The van der Waals surface area contributed by atoms with E-state index in [4.69, 9.17) is 4.98 Å². The lowest BCUT2D eigenvalue weighted by Crippen LogP contribution is -2.30. The molecule has 0 bridgehead atoms. The smallest absolute Gasteiger partial charge is 0.298 e. The minimum Gasteiger partial charge on any atom is -0.298 e. The SMILES string of the molecule is CC(C)(C)c1cn(-c2c(C(F)(F)F)cccc2C(F)(F)F)c(P(c2ccccc2)c2ccccc2)n1. The summed E-state index contributed by atoms with van der Waals surface area (Å²) in [5, 5.41) is 1.51. The van der Waals surface area contributed by atoms with Crippen LogP contribution < -0.4 is 16.2 Å². The zero-order valence-corrected chi connectivity index (χ0v) is 20.6. The molecule has 4 rings (SSSR count). The minimum absolute atomic E-state index is 0.134. The van der Waals surface area contributed by atoms with Crippen LogP contribution in [0.5, 0.6) is 0 Å². The number of aromatic nitrogens is 2. The van der Waals surface area contributed by atoms with Crippen LogP contribution in [-0.4, -0.2) is 9.55 Å². The molecule has 4 aromatic rings. The number of hydrogen-bond donors (Lipinski definition) is 0. The van der Waals surface area contributed by atoms with Crippen molar-refractivity contribution in [2.24, 2.45) is 0 Å². The minimum atomic E-state index is -5.01. The first-order valence-electron chi connectivity index (χ1n) is 11.1. The third-order valence-corrected chi connectivity index (χ3v) is 7.92. The Morgan fingerprint density at radius 1 is 0.639 bits per heavy atom. The molecule has 0 fully saturated rings. The fourth-order valence-electron chi connectivity index (χ4n) is 3.85. The van der Waals surface area contributed by atoms with Gasteiger partial charge in [0.2, 0.25) is 0 Å². The van der Waals surface area contributed by atoms with Crippen molar-refractivity contribution in [1.82, 2.24) is 9.55 Å². The van der Waals surface area contributed by atoms with E-state index in [0.717, 1.165) is 21.2 Å². The summed E-state index contributed by atoms with van der Waals surface area (Å²) in [7, 11) is -1.60. The highest BCUT2D eigenvalue weighted by Crippen LogP contribution is 2.43. The highest BCUT2D eigenvalue weighted by atomic mass is 31.1. The van der Waals surface area contributed by atoms with Crippen LogP contribution in [-0.2, 0) is 17.8 Å². The van der Waals surface area contributed by atoms with Gasteiger partial charge in [0.05, 0.1) is 22.5 Å². The topological polar surface area (TPSA) is 17.8 Å². The summed E-state index contributed by atoms with van der Waals surface area (Å²) >= 11 is 0. The van der Waals surface area contributed by atoms with Crippen LogP contribution >= 0.6 is 7.92 Å². The maximum atomic E-state index is 14.1. The molecular weight excluding hydrogens is 497 g/mol. The summed E-state index contributed by atoms with van der Waals surface area (Å²) in [6.07, 6.45) is -8.71. The fraction of sp³-hybridized carbons (Fsp3) is 0.222. The molecule has 0 atom stereocenters. The molecule has 3 aromatic carbocycles. The van der Waals surface area contributed by atoms with E-state index in [1.807, 2.05) is 45.0 Å². The van der Waals surface area contributed by atoms with Gasteiger partial charge in [0.15, 0.2) is 0 Å². The van der Waals surface area contributed by atoms with Crippen molar-refractivity contribution in [1.29, 1.82) is 0 Å². The normalized spacial score (nSPS) is 12.8. The van der Waals surface area contributed by atoms with E-state index in [2.05, 4.69) is 0 Å². The van der Waals surface area contributed by atoms with Gasteiger partial charge in [0.25, 0.3) is 0 Å². The first-order valence-corrected chi connectivity index (χ1v) is 12.4. The summed E-state index contributed by atoms with van der Waals surface area (Å²) in [4.78, 5) is 4.71. The van der Waals surface area contributed by atoms with Crippen LogP contribution in [0.1, 0.15) is 37.6 Å². The monoisotopic (exact) mass is 520 g/mol. The second-order valence-electron chi connectivity index (χ2n) is 9.25. The number of alkyl halides is 6. The van der Waals surface area contributed by atoms with Crippen molar-refractivity contribution in [2.45, 2.75) is 38.5 Å². The van der Waals surface area contributed by atoms with Gasteiger partial charge in [-0.25, -0.2) is 4.98 Å². The molecule has 0 saturated heterocycles. The Bertz CT molecular complexity index is 1270. The molecule has 0 aliphatic rings. The van der Waals surface area contributed by atoms with Crippen LogP contribution in [0.15, 0.2) is 85.1 Å². The van der Waals surface area contributed by atoms with Gasteiger partial charge in [-0.05, 0) is 22.7 Å². The summed E-state index contributed by atoms with van der Waals surface area (Å²) in [5.41, 5.74) is -3.80. The Morgan fingerprint density at radius 2 is 1.08 bits per heavy atom. The van der Waals surface area contributed by atoms with E-state index in [1.54, 1.807) is 36.4 Å². The van der Waals surface area contributed by atoms with Gasteiger partial charge in [-0.2, -0.15) is 26.3 Å². The predicted molar refractivity (Wildman–Crippen MR) is 131 cm³/mol. The standard InChI is InChI=1S/C27H23F6N2P/c1-25(2,3)22-17-35(23-20(26(28,29)30)15-10-16-21(23)27(31,32)33)24(34-22)36(18-11-6-4-7-12-18)19-13-8-5-9-14-19/h4-17H,1-3H3. The zero-order valence-electron chi connectivity index (χ0n) is 19.7. The predicted octanol–water partition coefficient (Wildman–Crippen LogP) is 6.97. The molecule has 188 valence electrons. The molecule has 0 saturated carbocycles. The van der Waals surface area contributed by atoms with Crippen LogP contribution in [0.2, 0.25) is 0 Å². The van der Waals surface area contributed by atoms with Gasteiger partial charge >= 0.3 is 12.4 Å². The van der Waals surface area contributed by atoms with Gasteiger partial charge in [-0.1, -0.05) is 87.5 Å². The second-order valence-corrected chi connectivity index (χ2v) is 11.4.